The first kappa shape index (κ1) is 16.9. The standard InChI is InChI=1S/C19H16N2O3S/c1-13-20-12-17(25-13)19(23)24-16-9-5-8-15(10-16)18(22)21-11-14-6-3-2-4-7-14/h2-10,12H,11H2,1H3,(H,21,22). The molecule has 0 radical (unpaired) electrons. The van der Waals surface area contributed by atoms with Crippen molar-refractivity contribution in [2.24, 2.45) is 0 Å². The Kier molecular flexibility index (Phi) is 5.20. The van der Waals surface area contributed by atoms with Gasteiger partial charge in [-0.1, -0.05) is 36.4 Å². The van der Waals surface area contributed by atoms with Gasteiger partial charge in [-0.3, -0.25) is 4.79 Å². The minimum atomic E-state index is -0.479. The SMILES string of the molecule is Cc1ncc(C(=O)Oc2cccc(C(=O)NCc3ccccc3)c2)s1. The summed E-state index contributed by atoms with van der Waals surface area (Å²) >= 11 is 1.27. The summed E-state index contributed by atoms with van der Waals surface area (Å²) in [7, 11) is 0. The molecule has 0 atom stereocenters. The van der Waals surface area contributed by atoms with Crippen molar-refractivity contribution in [1.29, 1.82) is 0 Å². The number of amides is 1. The molecule has 1 N–H and O–H groups in total. The number of thiazole rings is 1. The van der Waals surface area contributed by atoms with E-state index in [0.717, 1.165) is 10.6 Å². The van der Waals surface area contributed by atoms with Gasteiger partial charge in [0.25, 0.3) is 5.91 Å². The maximum atomic E-state index is 12.3. The van der Waals surface area contributed by atoms with Crippen molar-refractivity contribution in [3.63, 3.8) is 0 Å². The monoisotopic (exact) mass is 352 g/mol. The van der Waals surface area contributed by atoms with Crippen molar-refractivity contribution in [3.05, 3.63) is 81.8 Å². The summed E-state index contributed by atoms with van der Waals surface area (Å²) in [5, 5.41) is 3.64. The van der Waals surface area contributed by atoms with Crippen LogP contribution < -0.4 is 10.1 Å². The van der Waals surface area contributed by atoms with Crippen LogP contribution in [0.4, 0.5) is 0 Å². The fourth-order valence-electron chi connectivity index (χ4n) is 2.19. The van der Waals surface area contributed by atoms with Crippen molar-refractivity contribution >= 4 is 23.2 Å². The van der Waals surface area contributed by atoms with E-state index in [0.29, 0.717) is 22.7 Å². The molecule has 126 valence electrons. The van der Waals surface area contributed by atoms with Gasteiger partial charge in [-0.15, -0.1) is 11.3 Å². The second-order valence-corrected chi connectivity index (χ2v) is 6.56. The van der Waals surface area contributed by atoms with Crippen LogP contribution in [0.2, 0.25) is 0 Å². The number of carbonyl (C=O) groups excluding carboxylic acids is 2. The van der Waals surface area contributed by atoms with Crippen LogP contribution >= 0.6 is 11.3 Å². The highest BCUT2D eigenvalue weighted by molar-refractivity contribution is 7.13. The highest BCUT2D eigenvalue weighted by atomic mass is 32.1. The lowest BCUT2D eigenvalue weighted by molar-refractivity contribution is 0.0738. The Bertz CT molecular complexity index is 890. The molecule has 0 aliphatic rings. The van der Waals surface area contributed by atoms with Crippen LogP contribution in [0.3, 0.4) is 0 Å². The zero-order chi connectivity index (χ0) is 17.6. The summed E-state index contributed by atoms with van der Waals surface area (Å²) in [6.45, 7) is 2.25. The summed E-state index contributed by atoms with van der Waals surface area (Å²) in [6.07, 6.45) is 1.48. The molecular formula is C19H16N2O3S. The summed E-state index contributed by atoms with van der Waals surface area (Å²) in [5.41, 5.74) is 1.45. The zero-order valence-electron chi connectivity index (χ0n) is 13.6. The van der Waals surface area contributed by atoms with Gasteiger partial charge in [-0.05, 0) is 30.7 Å². The lowest BCUT2D eigenvalue weighted by Gasteiger charge is -2.07. The quantitative estimate of drug-likeness (QED) is 0.563. The summed E-state index contributed by atoms with van der Waals surface area (Å²) in [6, 6.07) is 16.2. The molecule has 6 heteroatoms. The number of hydrogen-bond acceptors (Lipinski definition) is 5. The van der Waals surface area contributed by atoms with Gasteiger partial charge in [0.2, 0.25) is 0 Å². The molecule has 0 saturated heterocycles. The van der Waals surface area contributed by atoms with E-state index in [1.165, 1.54) is 17.5 Å². The van der Waals surface area contributed by atoms with Gasteiger partial charge in [0.1, 0.15) is 10.6 Å². The van der Waals surface area contributed by atoms with Crippen molar-refractivity contribution in [1.82, 2.24) is 10.3 Å². The van der Waals surface area contributed by atoms with Gasteiger partial charge in [0, 0.05) is 12.1 Å². The third kappa shape index (κ3) is 4.51. The molecule has 1 aromatic heterocycles. The lowest BCUT2D eigenvalue weighted by atomic mass is 10.2. The number of esters is 1. The molecule has 3 aromatic rings. The molecule has 0 unspecified atom stereocenters. The van der Waals surface area contributed by atoms with Gasteiger partial charge < -0.3 is 10.1 Å². The van der Waals surface area contributed by atoms with Crippen LogP contribution in [-0.4, -0.2) is 16.9 Å². The smallest absolute Gasteiger partial charge is 0.355 e. The van der Waals surface area contributed by atoms with E-state index in [4.69, 9.17) is 4.74 Å². The number of aromatic nitrogens is 1. The zero-order valence-corrected chi connectivity index (χ0v) is 14.4. The molecule has 0 aliphatic carbocycles. The second-order valence-electron chi connectivity index (χ2n) is 5.33. The van der Waals surface area contributed by atoms with Crippen LogP contribution in [-0.2, 0) is 6.54 Å². The molecule has 25 heavy (non-hydrogen) atoms. The van der Waals surface area contributed by atoms with E-state index in [1.54, 1.807) is 24.3 Å². The summed E-state index contributed by atoms with van der Waals surface area (Å²) in [4.78, 5) is 28.8. The van der Waals surface area contributed by atoms with Crippen LogP contribution in [0.1, 0.15) is 30.6 Å². The molecule has 0 spiro atoms. The molecule has 0 saturated carbocycles. The highest BCUT2D eigenvalue weighted by Gasteiger charge is 2.13. The molecule has 1 heterocycles. The molecule has 0 aliphatic heterocycles. The minimum Gasteiger partial charge on any atom is -0.422 e. The Morgan fingerprint density at radius 2 is 1.92 bits per heavy atom. The minimum absolute atomic E-state index is 0.226. The molecular weight excluding hydrogens is 336 g/mol. The fraction of sp³-hybridized carbons (Fsp3) is 0.105. The van der Waals surface area contributed by atoms with E-state index in [2.05, 4.69) is 10.3 Å². The average molecular weight is 352 g/mol. The van der Waals surface area contributed by atoms with E-state index in [9.17, 15) is 9.59 Å². The number of rotatable bonds is 5. The van der Waals surface area contributed by atoms with E-state index in [1.807, 2.05) is 37.3 Å². The Hall–Kier alpha value is -2.99. The topological polar surface area (TPSA) is 68.3 Å². The van der Waals surface area contributed by atoms with Gasteiger partial charge in [0.05, 0.1) is 11.2 Å². The number of benzene rings is 2. The van der Waals surface area contributed by atoms with Gasteiger partial charge >= 0.3 is 5.97 Å². The first-order chi connectivity index (χ1) is 12.1. The molecule has 0 bridgehead atoms. The van der Waals surface area contributed by atoms with Crippen molar-refractivity contribution < 1.29 is 14.3 Å². The molecule has 5 nitrogen and oxygen atoms in total. The summed E-state index contributed by atoms with van der Waals surface area (Å²) in [5.74, 6) is -0.383. The first-order valence-corrected chi connectivity index (χ1v) is 8.50. The van der Waals surface area contributed by atoms with Crippen molar-refractivity contribution in [2.75, 3.05) is 0 Å². The number of aryl methyl sites for hydroxylation is 1. The number of nitrogens with zero attached hydrogens (tertiary/aromatic N) is 1. The highest BCUT2D eigenvalue weighted by Crippen LogP contribution is 2.18. The van der Waals surface area contributed by atoms with Crippen LogP contribution in [0.25, 0.3) is 0 Å². The van der Waals surface area contributed by atoms with Crippen molar-refractivity contribution in [2.45, 2.75) is 13.5 Å². The van der Waals surface area contributed by atoms with Crippen LogP contribution in [0, 0.1) is 6.92 Å². The van der Waals surface area contributed by atoms with E-state index in [-0.39, 0.29) is 5.91 Å². The summed E-state index contributed by atoms with van der Waals surface area (Å²) < 4.78 is 5.32. The molecule has 2 aromatic carbocycles. The van der Waals surface area contributed by atoms with Gasteiger partial charge in [0.15, 0.2) is 0 Å². The number of ether oxygens (including phenoxy) is 1. The Balaban J connectivity index is 1.64. The lowest BCUT2D eigenvalue weighted by Crippen LogP contribution is -2.22. The Labute approximate surface area is 149 Å². The van der Waals surface area contributed by atoms with E-state index >= 15 is 0 Å². The predicted molar refractivity (Wildman–Crippen MR) is 95.9 cm³/mol. The fourth-order valence-corrected chi connectivity index (χ4v) is 2.85. The van der Waals surface area contributed by atoms with Crippen LogP contribution in [0.15, 0.2) is 60.8 Å². The number of carbonyl (C=O) groups is 2. The van der Waals surface area contributed by atoms with Crippen LogP contribution in [0.5, 0.6) is 5.75 Å². The molecule has 1 amide bonds. The third-order valence-corrected chi connectivity index (χ3v) is 4.32. The molecule has 3 rings (SSSR count). The normalized spacial score (nSPS) is 10.3. The Morgan fingerprint density at radius 1 is 1.12 bits per heavy atom. The molecule has 0 fully saturated rings. The third-order valence-electron chi connectivity index (χ3n) is 3.43. The Morgan fingerprint density at radius 3 is 2.64 bits per heavy atom. The van der Waals surface area contributed by atoms with Gasteiger partial charge in [-0.25, -0.2) is 9.78 Å². The van der Waals surface area contributed by atoms with Crippen molar-refractivity contribution in [3.8, 4) is 5.75 Å². The maximum absolute atomic E-state index is 12.3. The average Bonchev–Trinajstić information content (AvgIpc) is 3.07. The second kappa shape index (κ2) is 7.72. The largest absolute Gasteiger partial charge is 0.422 e. The van der Waals surface area contributed by atoms with Gasteiger partial charge in [-0.2, -0.15) is 0 Å². The maximum Gasteiger partial charge on any atom is 0.355 e. The predicted octanol–water partition coefficient (Wildman–Crippen LogP) is 3.60. The first-order valence-electron chi connectivity index (χ1n) is 7.68. The number of nitrogens with one attached hydrogen (secondary N) is 1. The van der Waals surface area contributed by atoms with E-state index < -0.39 is 5.97 Å². The number of hydrogen-bond donors (Lipinski definition) is 1.